The Labute approximate surface area is 134 Å². The second-order valence-electron chi connectivity index (χ2n) is 5.50. The second-order valence-corrected chi connectivity index (χ2v) is 5.50. The van der Waals surface area contributed by atoms with Crippen LogP contribution < -0.4 is 15.4 Å². The summed E-state index contributed by atoms with van der Waals surface area (Å²) in [4.78, 5) is 24.0. The van der Waals surface area contributed by atoms with E-state index in [9.17, 15) is 9.59 Å². The summed E-state index contributed by atoms with van der Waals surface area (Å²) in [6.07, 6.45) is 1.94. The fourth-order valence-corrected chi connectivity index (χ4v) is 2.26. The third-order valence-electron chi connectivity index (χ3n) is 3.71. The molecule has 118 valence electrons. The zero-order valence-corrected chi connectivity index (χ0v) is 12.8. The minimum Gasteiger partial charge on any atom is -0.496 e. The molecular weight excluding hydrogens is 292 g/mol. The molecule has 23 heavy (non-hydrogen) atoms. The first-order valence-electron chi connectivity index (χ1n) is 7.52. The highest BCUT2D eigenvalue weighted by Gasteiger charge is 2.29. The molecule has 0 spiro atoms. The largest absolute Gasteiger partial charge is 0.496 e. The van der Waals surface area contributed by atoms with Gasteiger partial charge in [-0.3, -0.25) is 9.59 Å². The van der Waals surface area contributed by atoms with Gasteiger partial charge in [-0.25, -0.2) is 0 Å². The predicted molar refractivity (Wildman–Crippen MR) is 88.7 cm³/mol. The number of rotatable bonds is 5. The van der Waals surface area contributed by atoms with Crippen LogP contribution in [0.5, 0.6) is 5.75 Å². The first-order chi connectivity index (χ1) is 11.2. The van der Waals surface area contributed by atoms with Crippen LogP contribution in [0.1, 0.15) is 23.2 Å². The number of hydrogen-bond donors (Lipinski definition) is 2. The van der Waals surface area contributed by atoms with Crippen molar-refractivity contribution >= 4 is 23.2 Å². The molecule has 5 heteroatoms. The lowest BCUT2D eigenvalue weighted by molar-refractivity contribution is -0.117. The Bertz CT molecular complexity index is 721. The SMILES string of the molecule is COc1ccccc1C(=O)Nc1ccc(NC(=O)C2CC2)cc1. The standard InChI is InChI=1S/C18H18N2O3/c1-23-16-5-3-2-4-15(16)18(22)20-14-10-8-13(9-11-14)19-17(21)12-6-7-12/h2-5,8-12H,6-7H2,1H3,(H,19,21)(H,20,22). The Balaban J connectivity index is 1.65. The quantitative estimate of drug-likeness (QED) is 0.890. The molecule has 0 aromatic heterocycles. The topological polar surface area (TPSA) is 67.4 Å². The molecule has 1 saturated carbocycles. The third-order valence-corrected chi connectivity index (χ3v) is 3.71. The van der Waals surface area contributed by atoms with Crippen molar-refractivity contribution in [2.45, 2.75) is 12.8 Å². The average molecular weight is 310 g/mol. The van der Waals surface area contributed by atoms with Gasteiger partial charge in [0.2, 0.25) is 5.91 Å². The molecule has 0 radical (unpaired) electrons. The van der Waals surface area contributed by atoms with Crippen LogP contribution in [0.3, 0.4) is 0 Å². The average Bonchev–Trinajstić information content (AvgIpc) is 3.41. The van der Waals surface area contributed by atoms with Crippen LogP contribution in [0.25, 0.3) is 0 Å². The molecule has 3 rings (SSSR count). The Morgan fingerprint density at radius 3 is 2.17 bits per heavy atom. The van der Waals surface area contributed by atoms with Gasteiger partial charge >= 0.3 is 0 Å². The Morgan fingerprint density at radius 2 is 1.57 bits per heavy atom. The van der Waals surface area contributed by atoms with E-state index in [1.807, 2.05) is 6.07 Å². The minimum atomic E-state index is -0.239. The van der Waals surface area contributed by atoms with Gasteiger partial charge in [-0.2, -0.15) is 0 Å². The van der Waals surface area contributed by atoms with Gasteiger partial charge in [0.05, 0.1) is 12.7 Å². The second kappa shape index (κ2) is 6.52. The van der Waals surface area contributed by atoms with Crippen LogP contribution in [0, 0.1) is 5.92 Å². The van der Waals surface area contributed by atoms with Crippen LogP contribution in [0.4, 0.5) is 11.4 Å². The maximum atomic E-state index is 12.3. The number of nitrogens with one attached hydrogen (secondary N) is 2. The molecule has 0 saturated heterocycles. The van der Waals surface area contributed by atoms with Crippen molar-refractivity contribution in [2.24, 2.45) is 5.92 Å². The number of carbonyl (C=O) groups is 2. The van der Waals surface area contributed by atoms with Crippen LogP contribution in [0.15, 0.2) is 48.5 Å². The van der Waals surface area contributed by atoms with E-state index in [1.165, 1.54) is 7.11 Å². The molecule has 0 aliphatic heterocycles. The summed E-state index contributed by atoms with van der Waals surface area (Å²) < 4.78 is 5.19. The number of amides is 2. The van der Waals surface area contributed by atoms with E-state index in [-0.39, 0.29) is 17.7 Å². The fraction of sp³-hybridized carbons (Fsp3) is 0.222. The number of carbonyl (C=O) groups excluding carboxylic acids is 2. The summed E-state index contributed by atoms with van der Waals surface area (Å²) in [6, 6.07) is 14.1. The van der Waals surface area contributed by atoms with Gasteiger partial charge in [-0.05, 0) is 49.2 Å². The van der Waals surface area contributed by atoms with Gasteiger partial charge in [-0.1, -0.05) is 12.1 Å². The molecular formula is C18H18N2O3. The molecule has 0 bridgehead atoms. The maximum absolute atomic E-state index is 12.3. The highest BCUT2D eigenvalue weighted by molar-refractivity contribution is 6.06. The van der Waals surface area contributed by atoms with Gasteiger partial charge in [0.15, 0.2) is 0 Å². The molecule has 5 nitrogen and oxygen atoms in total. The van der Waals surface area contributed by atoms with E-state index in [1.54, 1.807) is 42.5 Å². The summed E-state index contributed by atoms with van der Waals surface area (Å²) >= 11 is 0. The Kier molecular flexibility index (Phi) is 4.28. The van der Waals surface area contributed by atoms with Crippen LogP contribution in [-0.2, 0) is 4.79 Å². The highest BCUT2D eigenvalue weighted by atomic mass is 16.5. The molecule has 1 aliphatic carbocycles. The molecule has 2 aromatic rings. The lowest BCUT2D eigenvalue weighted by Gasteiger charge is -2.10. The van der Waals surface area contributed by atoms with Crippen LogP contribution in [0.2, 0.25) is 0 Å². The summed E-state index contributed by atoms with van der Waals surface area (Å²) in [5.74, 6) is 0.520. The van der Waals surface area contributed by atoms with Crippen molar-refractivity contribution in [1.29, 1.82) is 0 Å². The van der Waals surface area contributed by atoms with Crippen LogP contribution in [-0.4, -0.2) is 18.9 Å². The van der Waals surface area contributed by atoms with Crippen molar-refractivity contribution in [3.63, 3.8) is 0 Å². The van der Waals surface area contributed by atoms with Gasteiger partial charge in [-0.15, -0.1) is 0 Å². The predicted octanol–water partition coefficient (Wildman–Crippen LogP) is 3.30. The summed E-state index contributed by atoms with van der Waals surface area (Å²) in [5.41, 5.74) is 1.86. The Hall–Kier alpha value is -2.82. The first kappa shape index (κ1) is 15.1. The van der Waals surface area contributed by atoms with E-state index < -0.39 is 0 Å². The summed E-state index contributed by atoms with van der Waals surface area (Å²) in [7, 11) is 1.53. The number of benzene rings is 2. The summed E-state index contributed by atoms with van der Waals surface area (Å²) in [6.45, 7) is 0. The van der Waals surface area contributed by atoms with Gasteiger partial charge in [0.25, 0.3) is 5.91 Å². The molecule has 1 aliphatic rings. The first-order valence-corrected chi connectivity index (χ1v) is 7.52. The third kappa shape index (κ3) is 3.69. The smallest absolute Gasteiger partial charge is 0.259 e. The molecule has 1 fully saturated rings. The van der Waals surface area contributed by atoms with Crippen molar-refractivity contribution in [2.75, 3.05) is 17.7 Å². The number of methoxy groups -OCH3 is 1. The molecule has 0 unspecified atom stereocenters. The number of anilines is 2. The summed E-state index contributed by atoms with van der Waals surface area (Å²) in [5, 5.41) is 5.68. The van der Waals surface area contributed by atoms with E-state index in [0.29, 0.717) is 17.0 Å². The molecule has 2 amide bonds. The number of ether oxygens (including phenoxy) is 1. The fourth-order valence-electron chi connectivity index (χ4n) is 2.26. The van der Waals surface area contributed by atoms with Gasteiger partial charge < -0.3 is 15.4 Å². The van der Waals surface area contributed by atoms with E-state index >= 15 is 0 Å². The minimum absolute atomic E-state index is 0.0656. The van der Waals surface area contributed by atoms with Crippen molar-refractivity contribution in [3.8, 4) is 5.75 Å². The molecule has 0 heterocycles. The lowest BCUT2D eigenvalue weighted by atomic mass is 10.2. The highest BCUT2D eigenvalue weighted by Crippen LogP contribution is 2.30. The van der Waals surface area contributed by atoms with Crippen LogP contribution >= 0.6 is 0 Å². The van der Waals surface area contributed by atoms with E-state index in [2.05, 4.69) is 10.6 Å². The zero-order chi connectivity index (χ0) is 16.2. The van der Waals surface area contributed by atoms with Crippen molar-refractivity contribution < 1.29 is 14.3 Å². The molecule has 2 N–H and O–H groups in total. The number of hydrogen-bond acceptors (Lipinski definition) is 3. The maximum Gasteiger partial charge on any atom is 0.259 e. The van der Waals surface area contributed by atoms with E-state index in [0.717, 1.165) is 18.5 Å². The van der Waals surface area contributed by atoms with Gasteiger partial charge in [0, 0.05) is 17.3 Å². The normalized spacial score (nSPS) is 13.3. The zero-order valence-electron chi connectivity index (χ0n) is 12.8. The van der Waals surface area contributed by atoms with E-state index in [4.69, 9.17) is 4.74 Å². The van der Waals surface area contributed by atoms with Crippen molar-refractivity contribution in [1.82, 2.24) is 0 Å². The number of para-hydroxylation sites is 1. The monoisotopic (exact) mass is 310 g/mol. The van der Waals surface area contributed by atoms with Crippen molar-refractivity contribution in [3.05, 3.63) is 54.1 Å². The lowest BCUT2D eigenvalue weighted by Crippen LogP contribution is -2.14. The van der Waals surface area contributed by atoms with Gasteiger partial charge in [0.1, 0.15) is 5.75 Å². The molecule has 0 atom stereocenters. The Morgan fingerprint density at radius 1 is 0.957 bits per heavy atom. The molecule has 2 aromatic carbocycles.